The van der Waals surface area contributed by atoms with Gasteiger partial charge < -0.3 is 14.7 Å². The van der Waals surface area contributed by atoms with Crippen LogP contribution in [-0.4, -0.2) is 47.8 Å². The molecule has 0 saturated carbocycles. The second kappa shape index (κ2) is 5.15. The van der Waals surface area contributed by atoms with Crippen LogP contribution in [0.3, 0.4) is 0 Å². The zero-order chi connectivity index (χ0) is 12.3. The van der Waals surface area contributed by atoms with Crippen molar-refractivity contribution in [3.8, 4) is 0 Å². The predicted octanol–water partition coefficient (Wildman–Crippen LogP) is 1.03. The lowest BCUT2D eigenvalue weighted by molar-refractivity contribution is -0.155. The molecule has 0 radical (unpaired) electrons. The molecule has 1 rings (SSSR count). The van der Waals surface area contributed by atoms with E-state index in [1.807, 2.05) is 32.6 Å². The minimum Gasteiger partial charge on any atom is -0.394 e. The van der Waals surface area contributed by atoms with Gasteiger partial charge in [0.1, 0.15) is 0 Å². The highest BCUT2D eigenvalue weighted by molar-refractivity contribution is 5.82. The maximum absolute atomic E-state index is 12.2. The van der Waals surface area contributed by atoms with Crippen molar-refractivity contribution in [2.45, 2.75) is 46.3 Å². The topological polar surface area (TPSA) is 49.8 Å². The number of hydrogen-bond acceptors (Lipinski definition) is 3. The second-order valence-electron chi connectivity index (χ2n) is 5.20. The summed E-state index contributed by atoms with van der Waals surface area (Å²) in [5.74, 6) is 0.156. The number of hydrogen-bond donors (Lipinski definition) is 1. The van der Waals surface area contributed by atoms with Crippen molar-refractivity contribution in [2.75, 3.05) is 19.7 Å². The Labute approximate surface area is 97.6 Å². The van der Waals surface area contributed by atoms with Gasteiger partial charge in [-0.2, -0.15) is 0 Å². The number of carbonyl (C=O) groups excluding carboxylic acids is 1. The number of carbonyl (C=O) groups is 1. The van der Waals surface area contributed by atoms with Crippen LogP contribution >= 0.6 is 0 Å². The zero-order valence-electron chi connectivity index (χ0n) is 10.7. The van der Waals surface area contributed by atoms with Gasteiger partial charge in [0.15, 0.2) is 0 Å². The van der Waals surface area contributed by atoms with E-state index in [9.17, 15) is 4.79 Å². The fraction of sp³-hybridized carbons (Fsp3) is 0.917. The smallest absolute Gasteiger partial charge is 0.228 e. The Morgan fingerprint density at radius 1 is 1.50 bits per heavy atom. The SMILES string of the molecule is CCC(C)(C)C(=O)N1CC(C)OC(CO)C1. The number of aliphatic hydroxyl groups is 1. The Morgan fingerprint density at radius 2 is 2.12 bits per heavy atom. The highest BCUT2D eigenvalue weighted by Crippen LogP contribution is 2.25. The Bertz CT molecular complexity index is 253. The van der Waals surface area contributed by atoms with Gasteiger partial charge in [-0.3, -0.25) is 4.79 Å². The highest BCUT2D eigenvalue weighted by atomic mass is 16.5. The third kappa shape index (κ3) is 2.95. The number of morpholine rings is 1. The van der Waals surface area contributed by atoms with Crippen molar-refractivity contribution in [1.82, 2.24) is 4.90 Å². The van der Waals surface area contributed by atoms with Gasteiger partial charge in [0.05, 0.1) is 18.8 Å². The van der Waals surface area contributed by atoms with Crippen molar-refractivity contribution >= 4 is 5.91 Å². The van der Waals surface area contributed by atoms with Crippen LogP contribution in [0.15, 0.2) is 0 Å². The zero-order valence-corrected chi connectivity index (χ0v) is 10.7. The van der Waals surface area contributed by atoms with Crippen molar-refractivity contribution in [2.24, 2.45) is 5.41 Å². The largest absolute Gasteiger partial charge is 0.394 e. The molecule has 0 aromatic heterocycles. The summed E-state index contributed by atoms with van der Waals surface area (Å²) in [5.41, 5.74) is -0.322. The molecule has 1 saturated heterocycles. The monoisotopic (exact) mass is 229 g/mol. The number of ether oxygens (including phenoxy) is 1. The van der Waals surface area contributed by atoms with Gasteiger partial charge in [0.25, 0.3) is 0 Å². The Balaban J connectivity index is 2.69. The van der Waals surface area contributed by atoms with Crippen LogP contribution in [0, 0.1) is 5.41 Å². The van der Waals surface area contributed by atoms with E-state index in [4.69, 9.17) is 9.84 Å². The molecular formula is C12H23NO3. The lowest BCUT2D eigenvalue weighted by Crippen LogP contribution is -2.53. The fourth-order valence-corrected chi connectivity index (χ4v) is 1.89. The quantitative estimate of drug-likeness (QED) is 0.786. The molecule has 0 spiro atoms. The molecule has 94 valence electrons. The van der Waals surface area contributed by atoms with Crippen LogP contribution in [0.25, 0.3) is 0 Å². The maximum Gasteiger partial charge on any atom is 0.228 e. The molecule has 1 heterocycles. The van der Waals surface area contributed by atoms with Gasteiger partial charge >= 0.3 is 0 Å². The third-order valence-corrected chi connectivity index (χ3v) is 3.28. The standard InChI is InChI=1S/C12H23NO3/c1-5-12(3,4)11(15)13-6-9(2)16-10(7-13)8-14/h9-10,14H,5-8H2,1-4H3. The molecule has 0 aliphatic carbocycles. The van der Waals surface area contributed by atoms with Crippen LogP contribution in [0.1, 0.15) is 34.1 Å². The van der Waals surface area contributed by atoms with Crippen molar-refractivity contribution in [3.63, 3.8) is 0 Å². The van der Waals surface area contributed by atoms with E-state index >= 15 is 0 Å². The van der Waals surface area contributed by atoms with Crippen LogP contribution in [0.2, 0.25) is 0 Å². The minimum absolute atomic E-state index is 0.00232. The van der Waals surface area contributed by atoms with Crippen LogP contribution in [0.4, 0.5) is 0 Å². The first-order valence-corrected chi connectivity index (χ1v) is 5.96. The average molecular weight is 229 g/mol. The summed E-state index contributed by atoms with van der Waals surface area (Å²) >= 11 is 0. The van der Waals surface area contributed by atoms with E-state index in [0.717, 1.165) is 6.42 Å². The Kier molecular flexibility index (Phi) is 4.33. The van der Waals surface area contributed by atoms with Crippen molar-refractivity contribution < 1.29 is 14.6 Å². The van der Waals surface area contributed by atoms with E-state index in [1.54, 1.807) is 0 Å². The van der Waals surface area contributed by atoms with E-state index in [0.29, 0.717) is 13.1 Å². The summed E-state index contributed by atoms with van der Waals surface area (Å²) < 4.78 is 5.52. The first-order chi connectivity index (χ1) is 7.40. The van der Waals surface area contributed by atoms with E-state index < -0.39 is 0 Å². The number of nitrogens with zero attached hydrogens (tertiary/aromatic N) is 1. The summed E-state index contributed by atoms with van der Waals surface area (Å²) in [5, 5.41) is 9.11. The van der Waals surface area contributed by atoms with E-state index in [-0.39, 0.29) is 30.1 Å². The van der Waals surface area contributed by atoms with E-state index in [1.165, 1.54) is 0 Å². The summed E-state index contributed by atoms with van der Waals surface area (Å²) in [7, 11) is 0. The summed E-state index contributed by atoms with van der Waals surface area (Å²) in [6, 6.07) is 0. The number of rotatable bonds is 3. The summed E-state index contributed by atoms with van der Waals surface area (Å²) in [6.07, 6.45) is 0.587. The van der Waals surface area contributed by atoms with Gasteiger partial charge in [-0.05, 0) is 13.3 Å². The van der Waals surface area contributed by atoms with Gasteiger partial charge in [-0.25, -0.2) is 0 Å². The Morgan fingerprint density at radius 3 is 2.62 bits per heavy atom. The third-order valence-electron chi connectivity index (χ3n) is 3.28. The fourth-order valence-electron chi connectivity index (χ4n) is 1.89. The van der Waals surface area contributed by atoms with Gasteiger partial charge in [-0.1, -0.05) is 20.8 Å². The molecule has 1 fully saturated rings. The second-order valence-corrected chi connectivity index (χ2v) is 5.20. The van der Waals surface area contributed by atoms with Crippen LogP contribution < -0.4 is 0 Å². The molecule has 1 amide bonds. The maximum atomic E-state index is 12.2. The molecule has 1 N–H and O–H groups in total. The molecule has 2 unspecified atom stereocenters. The minimum atomic E-state index is -0.322. The molecule has 4 heteroatoms. The summed E-state index contributed by atoms with van der Waals surface area (Å²) in [4.78, 5) is 14.1. The first-order valence-electron chi connectivity index (χ1n) is 5.96. The molecule has 0 aromatic rings. The summed E-state index contributed by atoms with van der Waals surface area (Å²) in [6.45, 7) is 8.97. The van der Waals surface area contributed by atoms with E-state index in [2.05, 4.69) is 0 Å². The van der Waals surface area contributed by atoms with Crippen LogP contribution in [-0.2, 0) is 9.53 Å². The lowest BCUT2D eigenvalue weighted by Gasteiger charge is -2.39. The molecule has 4 nitrogen and oxygen atoms in total. The van der Waals surface area contributed by atoms with Crippen LogP contribution in [0.5, 0.6) is 0 Å². The number of aliphatic hydroxyl groups excluding tert-OH is 1. The molecule has 0 aromatic carbocycles. The van der Waals surface area contributed by atoms with Gasteiger partial charge in [-0.15, -0.1) is 0 Å². The number of amides is 1. The van der Waals surface area contributed by atoms with Crippen molar-refractivity contribution in [3.05, 3.63) is 0 Å². The molecular weight excluding hydrogens is 206 g/mol. The van der Waals surface area contributed by atoms with Gasteiger partial charge in [0, 0.05) is 18.5 Å². The predicted molar refractivity (Wildman–Crippen MR) is 62.1 cm³/mol. The molecule has 1 aliphatic rings. The first kappa shape index (κ1) is 13.5. The Hall–Kier alpha value is -0.610. The van der Waals surface area contributed by atoms with Crippen molar-refractivity contribution in [1.29, 1.82) is 0 Å². The molecule has 1 aliphatic heterocycles. The molecule has 16 heavy (non-hydrogen) atoms. The molecule has 2 atom stereocenters. The van der Waals surface area contributed by atoms with Gasteiger partial charge in [0.2, 0.25) is 5.91 Å². The normalized spacial score (nSPS) is 26.9. The highest BCUT2D eigenvalue weighted by Gasteiger charge is 2.35. The average Bonchev–Trinajstić information content (AvgIpc) is 2.27. The molecule has 0 bridgehead atoms. The lowest BCUT2D eigenvalue weighted by atomic mass is 9.88.